The number of nitrogens with one attached hydrogen (secondary N) is 1. The summed E-state index contributed by atoms with van der Waals surface area (Å²) in [5.41, 5.74) is -0.874. The van der Waals surface area contributed by atoms with Gasteiger partial charge in [-0.3, -0.25) is 0 Å². The molecule has 1 aromatic rings. The molecule has 1 aliphatic heterocycles. The Morgan fingerprint density at radius 3 is 2.53 bits per heavy atom. The van der Waals surface area contributed by atoms with Crippen LogP contribution < -0.4 is 15.0 Å². The minimum Gasteiger partial charge on any atom is -0.481 e. The van der Waals surface area contributed by atoms with Gasteiger partial charge in [0.1, 0.15) is 11.4 Å². The molecule has 1 saturated heterocycles. The summed E-state index contributed by atoms with van der Waals surface area (Å²) < 4.78 is 43.6. The van der Waals surface area contributed by atoms with Crippen LogP contribution >= 0.6 is 15.9 Å². The van der Waals surface area contributed by atoms with Crippen molar-refractivity contribution in [2.24, 2.45) is 0 Å². The van der Waals surface area contributed by atoms with Gasteiger partial charge in [-0.25, -0.2) is 0 Å². The summed E-state index contributed by atoms with van der Waals surface area (Å²) in [5, 5.41) is 3.17. The first kappa shape index (κ1) is 14.4. The van der Waals surface area contributed by atoms with Crippen LogP contribution in [-0.2, 0) is 6.18 Å². The highest BCUT2D eigenvalue weighted by atomic mass is 79.9. The van der Waals surface area contributed by atoms with E-state index in [0.717, 1.165) is 19.2 Å². The molecule has 0 aliphatic carbocycles. The highest BCUT2D eigenvalue weighted by Crippen LogP contribution is 2.39. The maximum absolute atomic E-state index is 12.8. The molecule has 2 rings (SSSR count). The Morgan fingerprint density at radius 2 is 2.00 bits per heavy atom. The minimum absolute atomic E-state index is 0.322. The SMILES string of the molecule is COc1nc(N2CCNCC2)c(Br)cc1C(F)(F)F. The fourth-order valence-corrected chi connectivity index (χ4v) is 2.49. The molecule has 4 nitrogen and oxygen atoms in total. The topological polar surface area (TPSA) is 37.4 Å². The molecule has 0 atom stereocenters. The van der Waals surface area contributed by atoms with E-state index in [1.165, 1.54) is 7.11 Å². The third-order valence-corrected chi connectivity index (χ3v) is 3.42. The number of methoxy groups -OCH3 is 1. The van der Waals surface area contributed by atoms with Crippen LogP contribution in [0.3, 0.4) is 0 Å². The molecule has 1 aliphatic rings. The van der Waals surface area contributed by atoms with Crippen molar-refractivity contribution in [3.8, 4) is 5.88 Å². The van der Waals surface area contributed by atoms with E-state index in [1.807, 2.05) is 4.90 Å². The average molecular weight is 340 g/mol. The van der Waals surface area contributed by atoms with Crippen molar-refractivity contribution in [1.29, 1.82) is 0 Å². The van der Waals surface area contributed by atoms with Crippen LogP contribution in [0.5, 0.6) is 5.88 Å². The van der Waals surface area contributed by atoms with Crippen LogP contribution in [0.25, 0.3) is 0 Å². The van der Waals surface area contributed by atoms with Crippen molar-refractivity contribution in [1.82, 2.24) is 10.3 Å². The molecule has 8 heteroatoms. The fourth-order valence-electron chi connectivity index (χ4n) is 1.92. The van der Waals surface area contributed by atoms with E-state index in [4.69, 9.17) is 4.74 Å². The van der Waals surface area contributed by atoms with E-state index in [9.17, 15) is 13.2 Å². The highest BCUT2D eigenvalue weighted by molar-refractivity contribution is 9.10. The Kier molecular flexibility index (Phi) is 4.19. The molecule has 0 unspecified atom stereocenters. The molecule has 1 aromatic heterocycles. The van der Waals surface area contributed by atoms with Gasteiger partial charge in [0.2, 0.25) is 5.88 Å². The number of hydrogen-bond acceptors (Lipinski definition) is 4. The first-order valence-electron chi connectivity index (χ1n) is 5.71. The molecule has 19 heavy (non-hydrogen) atoms. The van der Waals surface area contributed by atoms with E-state index in [2.05, 4.69) is 26.2 Å². The summed E-state index contributed by atoms with van der Waals surface area (Å²) in [6.45, 7) is 2.94. The van der Waals surface area contributed by atoms with E-state index >= 15 is 0 Å². The monoisotopic (exact) mass is 339 g/mol. The molecule has 0 radical (unpaired) electrons. The Labute approximate surface area is 117 Å². The van der Waals surface area contributed by atoms with E-state index in [1.54, 1.807) is 0 Å². The van der Waals surface area contributed by atoms with Crippen LogP contribution in [0.15, 0.2) is 10.5 Å². The van der Waals surface area contributed by atoms with E-state index in [0.29, 0.717) is 23.4 Å². The van der Waals surface area contributed by atoms with Crippen molar-refractivity contribution in [3.05, 3.63) is 16.1 Å². The van der Waals surface area contributed by atoms with Crippen molar-refractivity contribution in [2.45, 2.75) is 6.18 Å². The number of hydrogen-bond donors (Lipinski definition) is 1. The lowest BCUT2D eigenvalue weighted by atomic mass is 10.2. The number of pyridine rings is 1. The van der Waals surface area contributed by atoms with Gasteiger partial charge in [0, 0.05) is 26.2 Å². The third-order valence-electron chi connectivity index (χ3n) is 2.84. The van der Waals surface area contributed by atoms with Crippen LogP contribution in [0.4, 0.5) is 19.0 Å². The Hall–Kier alpha value is -1.02. The minimum atomic E-state index is -4.48. The Morgan fingerprint density at radius 1 is 1.37 bits per heavy atom. The molecule has 0 spiro atoms. The fraction of sp³-hybridized carbons (Fsp3) is 0.545. The molecule has 1 N–H and O–H groups in total. The second kappa shape index (κ2) is 5.54. The van der Waals surface area contributed by atoms with Crippen molar-refractivity contribution in [3.63, 3.8) is 0 Å². The normalized spacial score (nSPS) is 16.6. The van der Waals surface area contributed by atoms with Gasteiger partial charge >= 0.3 is 6.18 Å². The summed E-state index contributed by atoms with van der Waals surface area (Å²) in [6.07, 6.45) is -4.48. The zero-order chi connectivity index (χ0) is 14.0. The Bertz CT molecular complexity index is 461. The summed E-state index contributed by atoms with van der Waals surface area (Å²) in [6, 6.07) is 1.02. The standard InChI is InChI=1S/C11H13BrF3N3O/c1-19-10-7(11(13,14)15)6-8(12)9(17-10)18-4-2-16-3-5-18/h6,16H,2-5H2,1H3. The predicted molar refractivity (Wildman–Crippen MR) is 68.6 cm³/mol. The molecular weight excluding hydrogens is 327 g/mol. The van der Waals surface area contributed by atoms with E-state index < -0.39 is 17.6 Å². The molecular formula is C11H13BrF3N3O. The average Bonchev–Trinajstić information content (AvgIpc) is 2.38. The second-order valence-electron chi connectivity index (χ2n) is 4.09. The summed E-state index contributed by atoms with van der Waals surface area (Å²) >= 11 is 3.16. The number of alkyl halides is 3. The van der Waals surface area contributed by atoms with Crippen molar-refractivity contribution in [2.75, 3.05) is 38.2 Å². The Balaban J connectivity index is 2.41. The molecule has 0 saturated carbocycles. The maximum Gasteiger partial charge on any atom is 0.421 e. The van der Waals surface area contributed by atoms with Crippen molar-refractivity contribution < 1.29 is 17.9 Å². The first-order chi connectivity index (χ1) is 8.93. The number of piperazine rings is 1. The summed E-state index contributed by atoms with van der Waals surface area (Å²) in [7, 11) is 1.19. The van der Waals surface area contributed by atoms with Gasteiger partial charge in [0.15, 0.2) is 0 Å². The molecule has 1 fully saturated rings. The lowest BCUT2D eigenvalue weighted by molar-refractivity contribution is -0.139. The van der Waals surface area contributed by atoms with Crippen molar-refractivity contribution >= 4 is 21.7 Å². The number of aromatic nitrogens is 1. The summed E-state index contributed by atoms with van der Waals surface area (Å²) in [4.78, 5) is 5.91. The molecule has 0 amide bonds. The zero-order valence-corrected chi connectivity index (χ0v) is 11.8. The van der Waals surface area contributed by atoms with Crippen LogP contribution in [0, 0.1) is 0 Å². The first-order valence-corrected chi connectivity index (χ1v) is 6.50. The highest BCUT2D eigenvalue weighted by Gasteiger charge is 2.36. The van der Waals surface area contributed by atoms with Gasteiger partial charge in [-0.2, -0.15) is 18.2 Å². The van der Waals surface area contributed by atoms with Gasteiger partial charge in [-0.05, 0) is 22.0 Å². The third kappa shape index (κ3) is 3.11. The zero-order valence-electron chi connectivity index (χ0n) is 10.2. The number of anilines is 1. The molecule has 106 valence electrons. The number of rotatable bonds is 2. The molecule has 0 aromatic carbocycles. The second-order valence-corrected chi connectivity index (χ2v) is 4.94. The van der Waals surface area contributed by atoms with Crippen LogP contribution in [-0.4, -0.2) is 38.3 Å². The predicted octanol–water partition coefficient (Wildman–Crippen LogP) is 2.28. The van der Waals surface area contributed by atoms with E-state index in [-0.39, 0.29) is 0 Å². The molecule has 0 bridgehead atoms. The quantitative estimate of drug-likeness (QED) is 0.897. The lowest BCUT2D eigenvalue weighted by Gasteiger charge is -2.29. The smallest absolute Gasteiger partial charge is 0.421 e. The maximum atomic E-state index is 12.8. The van der Waals surface area contributed by atoms with Gasteiger partial charge in [-0.15, -0.1) is 0 Å². The largest absolute Gasteiger partial charge is 0.481 e. The number of halogens is 4. The van der Waals surface area contributed by atoms with Gasteiger partial charge in [-0.1, -0.05) is 0 Å². The van der Waals surface area contributed by atoms with Gasteiger partial charge < -0.3 is 15.0 Å². The van der Waals surface area contributed by atoms with Gasteiger partial charge in [0.05, 0.1) is 11.6 Å². The lowest BCUT2D eigenvalue weighted by Crippen LogP contribution is -2.44. The van der Waals surface area contributed by atoms with Gasteiger partial charge in [0.25, 0.3) is 0 Å². The number of nitrogens with zero attached hydrogens (tertiary/aromatic N) is 2. The molecule has 2 heterocycles. The van der Waals surface area contributed by atoms with Crippen LogP contribution in [0.1, 0.15) is 5.56 Å². The summed E-state index contributed by atoms with van der Waals surface area (Å²) in [5.74, 6) is 0.0792. The van der Waals surface area contributed by atoms with Crippen LogP contribution in [0.2, 0.25) is 0 Å². The number of ether oxygens (including phenoxy) is 1.